The first-order valence-corrected chi connectivity index (χ1v) is 30.1. The lowest BCUT2D eigenvalue weighted by atomic mass is 10.0. The lowest BCUT2D eigenvalue weighted by molar-refractivity contribution is -0.143. The van der Waals surface area contributed by atoms with Gasteiger partial charge in [0.2, 0.25) is 5.91 Å². The van der Waals surface area contributed by atoms with E-state index in [1.165, 1.54) is 257 Å². The second-order valence-electron chi connectivity index (χ2n) is 20.7. The van der Waals surface area contributed by atoms with Crippen LogP contribution in [0, 0.1) is 0 Å². The lowest BCUT2D eigenvalue weighted by Gasteiger charge is -2.20. The Bertz CT molecular complexity index is 1040. The molecule has 0 rings (SSSR count). The van der Waals surface area contributed by atoms with Crippen LogP contribution in [-0.2, 0) is 14.3 Å². The molecule has 0 saturated carbocycles. The van der Waals surface area contributed by atoms with Gasteiger partial charge in [0, 0.05) is 12.8 Å². The predicted octanol–water partition coefficient (Wildman–Crippen LogP) is 18.6. The Morgan fingerprint density at radius 2 is 0.701 bits per heavy atom. The number of rotatable bonds is 56. The molecule has 0 aliphatic heterocycles. The quantitative estimate of drug-likeness (QED) is 0.0321. The molecule has 0 spiro atoms. The highest BCUT2D eigenvalue weighted by Crippen LogP contribution is 2.17. The number of carbonyl (C=O) groups is 2. The number of nitrogens with one attached hydrogen (secondary N) is 1. The summed E-state index contributed by atoms with van der Waals surface area (Å²) in [5, 5.41) is 23.1. The third kappa shape index (κ3) is 53.5. The molecule has 396 valence electrons. The zero-order valence-electron chi connectivity index (χ0n) is 45.1. The van der Waals surface area contributed by atoms with Crippen molar-refractivity contribution in [2.24, 2.45) is 0 Å². The van der Waals surface area contributed by atoms with Crippen molar-refractivity contribution in [2.75, 3.05) is 13.2 Å². The van der Waals surface area contributed by atoms with Crippen LogP contribution >= 0.6 is 0 Å². The first kappa shape index (κ1) is 65.3. The average molecular weight is 945 g/mol. The maximum atomic E-state index is 12.5. The van der Waals surface area contributed by atoms with E-state index in [4.69, 9.17) is 4.74 Å². The maximum Gasteiger partial charge on any atom is 0.305 e. The van der Waals surface area contributed by atoms with Crippen molar-refractivity contribution in [1.82, 2.24) is 5.32 Å². The molecule has 0 fully saturated rings. The van der Waals surface area contributed by atoms with E-state index in [0.717, 1.165) is 44.9 Å². The lowest BCUT2D eigenvalue weighted by Crippen LogP contribution is -2.45. The number of esters is 1. The minimum Gasteiger partial charge on any atom is -0.466 e. The Morgan fingerprint density at radius 3 is 1.06 bits per heavy atom. The van der Waals surface area contributed by atoms with E-state index in [-0.39, 0.29) is 18.5 Å². The number of amides is 1. The van der Waals surface area contributed by atoms with Gasteiger partial charge in [0.15, 0.2) is 0 Å². The number of hydrogen-bond donors (Lipinski definition) is 3. The van der Waals surface area contributed by atoms with Crippen LogP contribution in [0.2, 0.25) is 0 Å². The zero-order valence-corrected chi connectivity index (χ0v) is 45.1. The fourth-order valence-corrected chi connectivity index (χ4v) is 9.34. The van der Waals surface area contributed by atoms with Gasteiger partial charge in [0.25, 0.3) is 0 Å². The Kier molecular flexibility index (Phi) is 55.5. The second kappa shape index (κ2) is 56.9. The van der Waals surface area contributed by atoms with Gasteiger partial charge in [-0.25, -0.2) is 0 Å². The van der Waals surface area contributed by atoms with Crippen LogP contribution < -0.4 is 5.32 Å². The van der Waals surface area contributed by atoms with Gasteiger partial charge in [0.1, 0.15) is 0 Å². The van der Waals surface area contributed by atoms with Crippen molar-refractivity contribution < 1.29 is 24.5 Å². The number of aliphatic hydroxyl groups is 2. The molecule has 2 atom stereocenters. The molecule has 0 aliphatic rings. The number of hydrogen-bond acceptors (Lipinski definition) is 5. The smallest absolute Gasteiger partial charge is 0.305 e. The Morgan fingerprint density at radius 1 is 0.403 bits per heavy atom. The monoisotopic (exact) mass is 944 g/mol. The van der Waals surface area contributed by atoms with Crippen LogP contribution in [0.4, 0.5) is 0 Å². The Hall–Kier alpha value is -1.66. The molecule has 0 aliphatic carbocycles. The normalized spacial score (nSPS) is 12.7. The highest BCUT2D eigenvalue weighted by Gasteiger charge is 2.18. The third-order valence-electron chi connectivity index (χ3n) is 14.0. The highest BCUT2D eigenvalue weighted by atomic mass is 16.5. The molecule has 3 N–H and O–H groups in total. The summed E-state index contributed by atoms with van der Waals surface area (Å²) in [5.74, 6) is -0.0647. The highest BCUT2D eigenvalue weighted by molar-refractivity contribution is 5.76. The summed E-state index contributed by atoms with van der Waals surface area (Å²) in [6.45, 7) is 4.91. The van der Waals surface area contributed by atoms with E-state index in [1.54, 1.807) is 6.08 Å². The first-order valence-electron chi connectivity index (χ1n) is 30.1. The third-order valence-corrected chi connectivity index (χ3v) is 14.0. The second-order valence-corrected chi connectivity index (χ2v) is 20.7. The molecule has 67 heavy (non-hydrogen) atoms. The van der Waals surface area contributed by atoms with Crippen LogP contribution in [0.5, 0.6) is 0 Å². The van der Waals surface area contributed by atoms with Crippen molar-refractivity contribution in [3.05, 3.63) is 24.3 Å². The van der Waals surface area contributed by atoms with Crippen molar-refractivity contribution in [1.29, 1.82) is 0 Å². The first-order chi connectivity index (χ1) is 33.0. The molecule has 6 nitrogen and oxygen atoms in total. The van der Waals surface area contributed by atoms with Crippen LogP contribution in [0.1, 0.15) is 328 Å². The molecule has 0 aromatic carbocycles. The zero-order chi connectivity index (χ0) is 48.6. The van der Waals surface area contributed by atoms with E-state index in [1.807, 2.05) is 6.08 Å². The predicted molar refractivity (Wildman–Crippen MR) is 292 cm³/mol. The van der Waals surface area contributed by atoms with Gasteiger partial charge in [0.05, 0.1) is 25.4 Å². The van der Waals surface area contributed by atoms with Crippen LogP contribution in [-0.4, -0.2) is 47.4 Å². The molecular formula is C61H117NO5. The van der Waals surface area contributed by atoms with E-state index < -0.39 is 12.1 Å². The molecule has 0 bridgehead atoms. The molecule has 0 saturated heterocycles. The maximum absolute atomic E-state index is 12.5. The van der Waals surface area contributed by atoms with Crippen molar-refractivity contribution in [3.63, 3.8) is 0 Å². The molecular weight excluding hydrogens is 827 g/mol. The van der Waals surface area contributed by atoms with Crippen molar-refractivity contribution >= 4 is 11.9 Å². The van der Waals surface area contributed by atoms with Crippen molar-refractivity contribution in [3.8, 4) is 0 Å². The fourth-order valence-electron chi connectivity index (χ4n) is 9.34. The van der Waals surface area contributed by atoms with E-state index >= 15 is 0 Å². The summed E-state index contributed by atoms with van der Waals surface area (Å²) in [6, 6.07) is -0.633. The number of ether oxygens (including phenoxy) is 1. The van der Waals surface area contributed by atoms with E-state index in [0.29, 0.717) is 19.4 Å². The summed E-state index contributed by atoms with van der Waals surface area (Å²) in [7, 11) is 0. The fraction of sp³-hybridized carbons (Fsp3) is 0.902. The van der Waals surface area contributed by atoms with Gasteiger partial charge >= 0.3 is 5.97 Å². The topological polar surface area (TPSA) is 95.9 Å². The molecule has 1 amide bonds. The van der Waals surface area contributed by atoms with Crippen molar-refractivity contribution in [2.45, 2.75) is 341 Å². The molecule has 0 aromatic rings. The average Bonchev–Trinajstić information content (AvgIpc) is 3.33. The van der Waals surface area contributed by atoms with Gasteiger partial charge in [-0.15, -0.1) is 0 Å². The standard InChI is InChI=1S/C61H117NO5/c1-3-5-7-9-11-13-15-17-18-26-30-33-37-41-45-49-53-59(64)58(57-63)62-60(65)54-50-46-42-38-34-31-27-24-22-20-19-21-23-25-28-32-36-40-44-48-52-56-67-61(66)55-51-47-43-39-35-29-16-14-12-10-8-6-4-2/h20,22,49,53,58-59,63-64H,3-19,21,23-48,50-52,54-57H2,1-2H3,(H,62,65)/b22-20-,53-49+. The number of allylic oxidation sites excluding steroid dienone is 3. The van der Waals surface area contributed by atoms with E-state index in [9.17, 15) is 19.8 Å². The largest absolute Gasteiger partial charge is 0.466 e. The minimum atomic E-state index is -0.849. The SMILES string of the molecule is CCCCCCCCCCCCCCCC/C=C/C(O)C(CO)NC(=O)CCCCCCCCC/C=C\CCCCCCCCCCCCOC(=O)CCCCCCCCCCCCCCC. The summed E-state index contributed by atoms with van der Waals surface area (Å²) in [4.78, 5) is 24.5. The number of aliphatic hydroxyl groups excluding tert-OH is 2. The molecule has 0 heterocycles. The minimum absolute atomic E-state index is 0.00932. The number of carbonyl (C=O) groups excluding carboxylic acids is 2. The Labute approximate surface area is 418 Å². The summed E-state index contributed by atoms with van der Waals surface area (Å²) < 4.78 is 5.47. The molecule has 2 unspecified atom stereocenters. The summed E-state index contributed by atoms with van der Waals surface area (Å²) in [6.07, 6.45) is 69.2. The van der Waals surface area contributed by atoms with Gasteiger partial charge in [-0.05, 0) is 57.8 Å². The van der Waals surface area contributed by atoms with E-state index in [2.05, 4.69) is 31.3 Å². The van der Waals surface area contributed by atoms with Crippen LogP contribution in [0.3, 0.4) is 0 Å². The molecule has 0 aromatic heterocycles. The van der Waals surface area contributed by atoms with Crippen LogP contribution in [0.15, 0.2) is 24.3 Å². The summed E-state index contributed by atoms with van der Waals surface area (Å²) in [5.41, 5.74) is 0. The van der Waals surface area contributed by atoms with Gasteiger partial charge < -0.3 is 20.3 Å². The van der Waals surface area contributed by atoms with Gasteiger partial charge in [-0.3, -0.25) is 9.59 Å². The molecule has 0 radical (unpaired) electrons. The number of unbranched alkanes of at least 4 members (excludes halogenated alkanes) is 43. The molecule has 6 heteroatoms. The summed E-state index contributed by atoms with van der Waals surface area (Å²) >= 11 is 0. The van der Waals surface area contributed by atoms with Gasteiger partial charge in [-0.1, -0.05) is 282 Å². The van der Waals surface area contributed by atoms with Gasteiger partial charge in [-0.2, -0.15) is 0 Å². The van der Waals surface area contributed by atoms with Crippen LogP contribution in [0.25, 0.3) is 0 Å². The Balaban J connectivity index is 3.45.